The van der Waals surface area contributed by atoms with Gasteiger partial charge in [0.25, 0.3) is 5.91 Å². The fourth-order valence-electron chi connectivity index (χ4n) is 5.27. The molecule has 0 bridgehead atoms. The number of ether oxygens (including phenoxy) is 3. The third-order valence-electron chi connectivity index (χ3n) is 7.30. The summed E-state index contributed by atoms with van der Waals surface area (Å²) in [5, 5.41) is 0. The van der Waals surface area contributed by atoms with Gasteiger partial charge in [-0.25, -0.2) is 5.84 Å². The highest BCUT2D eigenvalue weighted by Gasteiger charge is 2.42. The van der Waals surface area contributed by atoms with E-state index in [1.54, 1.807) is 14.2 Å². The molecule has 2 aliphatic heterocycles. The number of hydrazine groups is 1. The second kappa shape index (κ2) is 12.4. The van der Waals surface area contributed by atoms with Crippen molar-refractivity contribution >= 4 is 11.7 Å². The molecule has 0 saturated carbocycles. The van der Waals surface area contributed by atoms with Crippen molar-refractivity contribution < 1.29 is 19.0 Å². The lowest BCUT2D eigenvalue weighted by Crippen LogP contribution is -2.56. The first-order valence-electron chi connectivity index (χ1n) is 12.9. The molecule has 2 heterocycles. The van der Waals surface area contributed by atoms with E-state index in [1.165, 1.54) is 5.56 Å². The number of nitrogens with two attached hydrogens (primary N) is 1. The smallest absolute Gasteiger partial charge is 0.254 e. The molecule has 1 amide bonds. The van der Waals surface area contributed by atoms with Crippen LogP contribution in [0.2, 0.25) is 0 Å². The van der Waals surface area contributed by atoms with Gasteiger partial charge >= 0.3 is 0 Å². The molecule has 4 rings (SSSR count). The van der Waals surface area contributed by atoms with Crippen LogP contribution in [0, 0.1) is 0 Å². The molecule has 0 aromatic heterocycles. The number of aliphatic imine (C=N–C) groups is 1. The van der Waals surface area contributed by atoms with Crippen LogP contribution >= 0.6 is 0 Å². The maximum absolute atomic E-state index is 13.2. The van der Waals surface area contributed by atoms with Crippen LogP contribution in [0.3, 0.4) is 0 Å². The van der Waals surface area contributed by atoms with Crippen LogP contribution in [-0.2, 0) is 16.0 Å². The number of amides is 1. The summed E-state index contributed by atoms with van der Waals surface area (Å²) in [5.74, 6) is 8.09. The molecule has 2 aromatic rings. The normalized spacial score (nSPS) is 21.5. The van der Waals surface area contributed by atoms with E-state index in [-0.39, 0.29) is 11.9 Å². The number of benzene rings is 2. The van der Waals surface area contributed by atoms with Crippen LogP contribution in [-0.4, -0.2) is 80.7 Å². The summed E-state index contributed by atoms with van der Waals surface area (Å²) in [4.78, 5) is 22.3. The van der Waals surface area contributed by atoms with Gasteiger partial charge in [0.1, 0.15) is 11.4 Å². The van der Waals surface area contributed by atoms with Crippen molar-refractivity contribution in [3.05, 3.63) is 59.7 Å². The molecule has 200 valence electrons. The van der Waals surface area contributed by atoms with Crippen LogP contribution in [0.4, 0.5) is 0 Å². The molecule has 2 aliphatic rings. The highest BCUT2D eigenvalue weighted by Crippen LogP contribution is 2.38. The molecular weight excluding hydrogens is 470 g/mol. The van der Waals surface area contributed by atoms with Gasteiger partial charge in [-0.05, 0) is 37.8 Å². The zero-order chi connectivity index (χ0) is 26.3. The highest BCUT2D eigenvalue weighted by molar-refractivity contribution is 5.89. The van der Waals surface area contributed by atoms with E-state index in [2.05, 4.69) is 22.5 Å². The number of carbonyl (C=O) groups is 1. The maximum Gasteiger partial charge on any atom is 0.254 e. The van der Waals surface area contributed by atoms with Gasteiger partial charge in [-0.1, -0.05) is 42.5 Å². The molecule has 3 N–H and O–H groups in total. The monoisotopic (exact) mass is 509 g/mol. The van der Waals surface area contributed by atoms with Gasteiger partial charge in [0.15, 0.2) is 11.5 Å². The first kappa shape index (κ1) is 26.9. The summed E-state index contributed by atoms with van der Waals surface area (Å²) in [6, 6.07) is 15.8. The molecule has 2 aromatic carbocycles. The predicted octanol–water partition coefficient (Wildman–Crippen LogP) is 2.56. The third kappa shape index (κ3) is 6.06. The second-order valence-corrected chi connectivity index (χ2v) is 9.64. The lowest BCUT2D eigenvalue weighted by atomic mass is 9.99. The fraction of sp³-hybridized carbons (Fsp3) is 0.500. The van der Waals surface area contributed by atoms with Crippen LogP contribution in [0.5, 0.6) is 11.5 Å². The Balaban J connectivity index is 1.58. The molecule has 9 heteroatoms. The molecular formula is C28H39N5O4. The van der Waals surface area contributed by atoms with Crippen LogP contribution < -0.4 is 20.7 Å². The van der Waals surface area contributed by atoms with E-state index in [0.29, 0.717) is 56.7 Å². The van der Waals surface area contributed by atoms with Crippen molar-refractivity contribution in [2.24, 2.45) is 10.8 Å². The number of para-hydroxylation sites is 1. The van der Waals surface area contributed by atoms with E-state index < -0.39 is 5.60 Å². The lowest BCUT2D eigenvalue weighted by molar-refractivity contribution is -0.152. The number of hydrogen-bond donors (Lipinski definition) is 2. The summed E-state index contributed by atoms with van der Waals surface area (Å²) in [7, 11) is 3.27. The summed E-state index contributed by atoms with van der Waals surface area (Å²) in [5.41, 5.74) is 4.28. The summed E-state index contributed by atoms with van der Waals surface area (Å²) < 4.78 is 17.2. The average molecular weight is 510 g/mol. The summed E-state index contributed by atoms with van der Waals surface area (Å²) >= 11 is 0. The Morgan fingerprint density at radius 2 is 1.86 bits per heavy atom. The molecule has 0 spiro atoms. The number of piperazine rings is 1. The van der Waals surface area contributed by atoms with Gasteiger partial charge in [0.05, 0.1) is 20.3 Å². The van der Waals surface area contributed by atoms with Crippen molar-refractivity contribution in [3.8, 4) is 11.5 Å². The van der Waals surface area contributed by atoms with Crippen molar-refractivity contribution in [1.82, 2.24) is 15.2 Å². The number of carbonyl (C=O) groups excluding carboxylic acids is 1. The van der Waals surface area contributed by atoms with Crippen LogP contribution in [0.1, 0.15) is 36.9 Å². The minimum Gasteiger partial charge on any atom is -0.493 e. The third-order valence-corrected chi connectivity index (χ3v) is 7.30. The number of rotatable bonds is 9. The Bertz CT molecular complexity index is 1060. The molecule has 2 unspecified atom stereocenters. The van der Waals surface area contributed by atoms with E-state index in [4.69, 9.17) is 25.0 Å². The Kier molecular flexibility index (Phi) is 9.02. The second-order valence-electron chi connectivity index (χ2n) is 9.64. The number of methoxy groups -OCH3 is 2. The maximum atomic E-state index is 13.2. The van der Waals surface area contributed by atoms with Crippen molar-refractivity contribution in [1.29, 1.82) is 0 Å². The largest absolute Gasteiger partial charge is 0.493 e. The molecule has 37 heavy (non-hydrogen) atoms. The zero-order valence-electron chi connectivity index (χ0n) is 22.1. The Morgan fingerprint density at radius 3 is 2.49 bits per heavy atom. The van der Waals surface area contributed by atoms with Gasteiger partial charge < -0.3 is 24.5 Å². The topological polar surface area (TPSA) is 102 Å². The Hall–Kier alpha value is -3.14. The number of hydrogen-bond acceptors (Lipinski definition) is 7. The van der Waals surface area contributed by atoms with Gasteiger partial charge in [0, 0.05) is 44.9 Å². The first-order chi connectivity index (χ1) is 18.0. The van der Waals surface area contributed by atoms with E-state index in [9.17, 15) is 4.79 Å². The van der Waals surface area contributed by atoms with Gasteiger partial charge in [0.2, 0.25) is 0 Å². The number of amidine groups is 1. The first-order valence-corrected chi connectivity index (χ1v) is 12.9. The van der Waals surface area contributed by atoms with Crippen molar-refractivity contribution in [2.75, 3.05) is 53.6 Å². The molecule has 9 nitrogen and oxygen atoms in total. The molecule has 0 radical (unpaired) electrons. The summed E-state index contributed by atoms with van der Waals surface area (Å²) in [6.45, 7) is 5.66. The van der Waals surface area contributed by atoms with E-state index in [1.807, 2.05) is 48.2 Å². The zero-order valence-corrected chi connectivity index (χ0v) is 22.1. The molecule has 0 aliphatic carbocycles. The molecule has 2 atom stereocenters. The minimum absolute atomic E-state index is 0.0777. The highest BCUT2D eigenvalue weighted by atomic mass is 16.5. The van der Waals surface area contributed by atoms with Crippen molar-refractivity contribution in [2.45, 2.75) is 37.8 Å². The summed E-state index contributed by atoms with van der Waals surface area (Å²) in [6.07, 6.45) is 2.49. The SMILES string of the molecule is COc1cccc(C(C(=NCCc2ccccc2)NN)N2CCN(C(=O)C3(C)CCCO3)CC2)c1OC. The Labute approximate surface area is 219 Å². The predicted molar refractivity (Wildman–Crippen MR) is 144 cm³/mol. The lowest BCUT2D eigenvalue weighted by Gasteiger charge is -2.41. The molecule has 2 fully saturated rings. The standard InChI is InChI=1S/C28H39N5O4/c1-28(14-8-20-37-28)27(34)33-18-16-32(17-19-33)24(22-11-7-12-23(35-2)25(22)36-3)26(31-29)30-15-13-21-9-5-4-6-10-21/h4-7,9-12,24H,8,13-20,29H2,1-3H3,(H,30,31). The average Bonchev–Trinajstić information content (AvgIpc) is 3.40. The Morgan fingerprint density at radius 1 is 1.11 bits per heavy atom. The van der Waals surface area contributed by atoms with Crippen molar-refractivity contribution in [3.63, 3.8) is 0 Å². The van der Waals surface area contributed by atoms with Crippen LogP contribution in [0.25, 0.3) is 0 Å². The number of nitrogens with one attached hydrogen (secondary N) is 1. The van der Waals surface area contributed by atoms with E-state index in [0.717, 1.165) is 24.8 Å². The van der Waals surface area contributed by atoms with E-state index >= 15 is 0 Å². The minimum atomic E-state index is -0.708. The van der Waals surface area contributed by atoms with Gasteiger partial charge in [-0.3, -0.25) is 14.7 Å². The molecule has 2 saturated heterocycles. The van der Waals surface area contributed by atoms with Crippen LogP contribution in [0.15, 0.2) is 53.5 Å². The fourth-order valence-corrected chi connectivity index (χ4v) is 5.27. The van der Waals surface area contributed by atoms with Gasteiger partial charge in [-0.2, -0.15) is 0 Å². The van der Waals surface area contributed by atoms with Gasteiger partial charge in [-0.15, -0.1) is 0 Å². The quantitative estimate of drug-likeness (QED) is 0.232. The number of nitrogens with zero attached hydrogens (tertiary/aromatic N) is 3.